The normalized spacial score (nSPS) is 27.2. The Labute approximate surface area is 122 Å². The summed E-state index contributed by atoms with van der Waals surface area (Å²) in [5, 5.41) is 13.1. The number of hydrogen-bond donors (Lipinski definition) is 2. The van der Waals surface area contributed by atoms with Gasteiger partial charge in [-0.2, -0.15) is 0 Å². The molecular formula is C16H30N2O2. The molecule has 2 N–H and O–H groups in total. The molecule has 0 aliphatic heterocycles. The Morgan fingerprint density at radius 3 is 2.50 bits per heavy atom. The summed E-state index contributed by atoms with van der Waals surface area (Å²) in [4.78, 5) is 14.0. The smallest absolute Gasteiger partial charge is 0.317 e. The van der Waals surface area contributed by atoms with Crippen LogP contribution in [-0.2, 0) is 0 Å². The van der Waals surface area contributed by atoms with E-state index in [9.17, 15) is 9.90 Å². The Bertz CT molecular complexity index is 334. The number of hydrogen-bond acceptors (Lipinski definition) is 2. The molecule has 0 saturated heterocycles. The Morgan fingerprint density at radius 2 is 1.95 bits per heavy atom. The number of aliphatic hydroxyl groups is 1. The number of carbonyl (C=O) groups excluding carboxylic acids is 1. The van der Waals surface area contributed by atoms with Gasteiger partial charge in [-0.1, -0.05) is 12.8 Å². The highest BCUT2D eigenvalue weighted by molar-refractivity contribution is 5.74. The lowest BCUT2D eigenvalue weighted by molar-refractivity contribution is 0.0471. The molecule has 0 aromatic carbocycles. The van der Waals surface area contributed by atoms with Crippen LogP contribution >= 0.6 is 0 Å². The number of carbonyl (C=O) groups is 1. The highest BCUT2D eigenvalue weighted by Gasteiger charge is 2.35. The van der Waals surface area contributed by atoms with Crippen LogP contribution in [0.2, 0.25) is 0 Å². The molecule has 2 amide bonds. The minimum Gasteiger partial charge on any atom is -0.389 e. The molecule has 4 nitrogen and oxygen atoms in total. The van der Waals surface area contributed by atoms with Crippen molar-refractivity contribution in [2.24, 2.45) is 11.8 Å². The summed E-state index contributed by atoms with van der Waals surface area (Å²) in [5.74, 6) is 1.77. The lowest BCUT2D eigenvalue weighted by atomic mass is 9.83. The van der Waals surface area contributed by atoms with Crippen molar-refractivity contribution in [3.8, 4) is 0 Å². The van der Waals surface area contributed by atoms with Crippen molar-refractivity contribution >= 4 is 6.03 Å². The van der Waals surface area contributed by atoms with Crippen LogP contribution in [0.15, 0.2) is 0 Å². The van der Waals surface area contributed by atoms with E-state index in [1.807, 2.05) is 6.92 Å². The van der Waals surface area contributed by atoms with Crippen molar-refractivity contribution < 1.29 is 9.90 Å². The topological polar surface area (TPSA) is 52.6 Å². The zero-order valence-corrected chi connectivity index (χ0v) is 13.2. The van der Waals surface area contributed by atoms with Crippen LogP contribution in [0, 0.1) is 11.8 Å². The fourth-order valence-corrected chi connectivity index (χ4v) is 3.41. The molecule has 2 aliphatic carbocycles. The fourth-order valence-electron chi connectivity index (χ4n) is 3.41. The first-order valence-corrected chi connectivity index (χ1v) is 8.17. The van der Waals surface area contributed by atoms with Gasteiger partial charge in [0.2, 0.25) is 0 Å². The third-order valence-electron chi connectivity index (χ3n) is 4.58. The highest BCUT2D eigenvalue weighted by Crippen LogP contribution is 2.43. The van der Waals surface area contributed by atoms with Crippen molar-refractivity contribution in [2.45, 2.75) is 70.9 Å². The van der Waals surface area contributed by atoms with Crippen LogP contribution in [0.1, 0.15) is 59.3 Å². The van der Waals surface area contributed by atoms with Crippen LogP contribution in [0.3, 0.4) is 0 Å². The van der Waals surface area contributed by atoms with Crippen molar-refractivity contribution in [3.63, 3.8) is 0 Å². The Kier molecular flexibility index (Phi) is 4.95. The van der Waals surface area contributed by atoms with Crippen LogP contribution in [-0.4, -0.2) is 40.8 Å². The molecule has 2 unspecified atom stereocenters. The maximum atomic E-state index is 12.3. The summed E-state index contributed by atoms with van der Waals surface area (Å²) < 4.78 is 0. The number of amides is 2. The minimum atomic E-state index is -0.837. The monoisotopic (exact) mass is 282 g/mol. The quantitative estimate of drug-likeness (QED) is 0.814. The molecule has 0 bridgehead atoms. The zero-order valence-electron chi connectivity index (χ0n) is 13.2. The van der Waals surface area contributed by atoms with E-state index in [1.54, 1.807) is 18.7 Å². The third-order valence-corrected chi connectivity index (χ3v) is 4.58. The molecule has 0 aromatic rings. The van der Waals surface area contributed by atoms with Gasteiger partial charge < -0.3 is 15.3 Å². The molecule has 2 fully saturated rings. The number of nitrogens with zero attached hydrogens (tertiary/aromatic N) is 1. The van der Waals surface area contributed by atoms with E-state index in [0.29, 0.717) is 19.1 Å². The fraction of sp³-hybridized carbons (Fsp3) is 0.938. The largest absolute Gasteiger partial charge is 0.389 e. The van der Waals surface area contributed by atoms with E-state index in [1.165, 1.54) is 25.7 Å². The summed E-state index contributed by atoms with van der Waals surface area (Å²) in [5.41, 5.74) is -0.837. The van der Waals surface area contributed by atoms with E-state index in [-0.39, 0.29) is 6.03 Å². The first-order valence-electron chi connectivity index (χ1n) is 8.17. The van der Waals surface area contributed by atoms with Gasteiger partial charge in [-0.3, -0.25) is 0 Å². The Hall–Kier alpha value is -0.770. The maximum Gasteiger partial charge on any atom is 0.317 e. The third kappa shape index (κ3) is 4.65. The number of urea groups is 1. The van der Waals surface area contributed by atoms with Gasteiger partial charge in [-0.25, -0.2) is 4.79 Å². The number of nitrogens with one attached hydrogen (secondary N) is 1. The molecule has 2 rings (SSSR count). The standard InChI is InChI=1S/C16H30N2O2/c1-4-18(11-16(2,3)20)15(19)17-14-7-5-6-13(10-14)12-8-9-12/h12-14,20H,4-11H2,1-3H3,(H,17,19). The van der Waals surface area contributed by atoms with Crippen LogP contribution in [0.5, 0.6) is 0 Å². The van der Waals surface area contributed by atoms with Gasteiger partial charge in [0.15, 0.2) is 0 Å². The summed E-state index contributed by atoms with van der Waals surface area (Å²) >= 11 is 0. The van der Waals surface area contributed by atoms with E-state index >= 15 is 0 Å². The first kappa shape index (κ1) is 15.6. The lowest BCUT2D eigenvalue weighted by Gasteiger charge is -2.33. The van der Waals surface area contributed by atoms with Crippen molar-refractivity contribution in [1.82, 2.24) is 10.2 Å². The number of rotatable bonds is 5. The molecule has 0 radical (unpaired) electrons. The van der Waals surface area contributed by atoms with Gasteiger partial charge in [0.1, 0.15) is 0 Å². The predicted octanol–water partition coefficient (Wildman–Crippen LogP) is 2.76. The summed E-state index contributed by atoms with van der Waals surface area (Å²) in [6.45, 7) is 6.46. The van der Waals surface area contributed by atoms with Gasteiger partial charge >= 0.3 is 6.03 Å². The van der Waals surface area contributed by atoms with Gasteiger partial charge in [0.05, 0.1) is 12.1 Å². The molecule has 0 heterocycles. The summed E-state index contributed by atoms with van der Waals surface area (Å²) in [6, 6.07) is 0.314. The van der Waals surface area contributed by atoms with Crippen LogP contribution < -0.4 is 5.32 Å². The van der Waals surface area contributed by atoms with Crippen molar-refractivity contribution in [3.05, 3.63) is 0 Å². The molecule has 2 aliphatic rings. The lowest BCUT2D eigenvalue weighted by Crippen LogP contribution is -2.50. The summed E-state index contributed by atoms with van der Waals surface area (Å²) in [6.07, 6.45) is 7.63. The minimum absolute atomic E-state index is 0.0175. The van der Waals surface area contributed by atoms with E-state index in [0.717, 1.165) is 24.7 Å². The van der Waals surface area contributed by atoms with Crippen molar-refractivity contribution in [2.75, 3.05) is 13.1 Å². The second-order valence-corrected chi connectivity index (χ2v) is 7.24. The SMILES string of the molecule is CCN(CC(C)(C)O)C(=O)NC1CCCC(C2CC2)C1. The molecular weight excluding hydrogens is 252 g/mol. The molecule has 116 valence electrons. The molecule has 2 saturated carbocycles. The second-order valence-electron chi connectivity index (χ2n) is 7.24. The molecule has 20 heavy (non-hydrogen) atoms. The number of likely N-dealkylation sites (N-methyl/N-ethyl adjacent to an activating group) is 1. The molecule has 2 atom stereocenters. The maximum absolute atomic E-state index is 12.3. The highest BCUT2D eigenvalue weighted by atomic mass is 16.3. The Morgan fingerprint density at radius 1 is 1.25 bits per heavy atom. The van der Waals surface area contributed by atoms with Crippen molar-refractivity contribution in [1.29, 1.82) is 0 Å². The zero-order chi connectivity index (χ0) is 14.8. The van der Waals surface area contributed by atoms with Gasteiger partial charge in [0, 0.05) is 12.6 Å². The van der Waals surface area contributed by atoms with Crippen LogP contribution in [0.4, 0.5) is 4.79 Å². The van der Waals surface area contributed by atoms with E-state index in [2.05, 4.69) is 5.32 Å². The van der Waals surface area contributed by atoms with Crippen LogP contribution in [0.25, 0.3) is 0 Å². The van der Waals surface area contributed by atoms with E-state index in [4.69, 9.17) is 0 Å². The summed E-state index contributed by atoms with van der Waals surface area (Å²) in [7, 11) is 0. The van der Waals surface area contributed by atoms with Gasteiger partial charge in [-0.05, 0) is 58.3 Å². The Balaban J connectivity index is 1.82. The predicted molar refractivity (Wildman–Crippen MR) is 80.5 cm³/mol. The molecule has 4 heteroatoms. The van der Waals surface area contributed by atoms with Gasteiger partial charge in [0.25, 0.3) is 0 Å². The van der Waals surface area contributed by atoms with E-state index < -0.39 is 5.60 Å². The average molecular weight is 282 g/mol. The molecule has 0 spiro atoms. The molecule has 0 aromatic heterocycles. The second kappa shape index (κ2) is 6.33. The average Bonchev–Trinajstić information content (AvgIpc) is 3.19. The first-order chi connectivity index (χ1) is 9.39. The van der Waals surface area contributed by atoms with Gasteiger partial charge in [-0.15, -0.1) is 0 Å².